The lowest BCUT2D eigenvalue weighted by Crippen LogP contribution is -2.14. The number of hydrogen-bond donors (Lipinski definition) is 2. The number of aryl methyl sites for hydroxylation is 2. The van der Waals surface area contributed by atoms with Crippen LogP contribution in [0.1, 0.15) is 21.5 Å². The van der Waals surface area contributed by atoms with Gasteiger partial charge in [0, 0.05) is 26.9 Å². The first-order valence-electron chi connectivity index (χ1n) is 9.07. The molecule has 0 bridgehead atoms. The van der Waals surface area contributed by atoms with Crippen molar-refractivity contribution in [3.8, 4) is 0 Å². The van der Waals surface area contributed by atoms with Gasteiger partial charge in [-0.25, -0.2) is 0 Å². The second-order valence-electron chi connectivity index (χ2n) is 6.64. The number of nitrogens with one attached hydrogen (secondary N) is 2. The molecule has 3 aromatic rings. The summed E-state index contributed by atoms with van der Waals surface area (Å²) in [7, 11) is 0. The highest BCUT2D eigenvalue weighted by Gasteiger charge is 2.08. The number of carbonyl (C=O) groups excluding carboxylic acids is 2. The third kappa shape index (κ3) is 6.11. The van der Waals surface area contributed by atoms with Crippen LogP contribution in [-0.4, -0.2) is 17.6 Å². The average Bonchev–Trinajstić information content (AvgIpc) is 2.70. The van der Waals surface area contributed by atoms with Gasteiger partial charge in [0.15, 0.2) is 0 Å². The highest BCUT2D eigenvalue weighted by Crippen LogP contribution is 2.23. The molecule has 0 radical (unpaired) electrons. The maximum absolute atomic E-state index is 12.3. The Morgan fingerprint density at radius 2 is 1.69 bits per heavy atom. The monoisotopic (exact) mass is 424 g/mol. The molecule has 0 aliphatic carbocycles. The van der Waals surface area contributed by atoms with E-state index in [9.17, 15) is 9.59 Å². The summed E-state index contributed by atoms with van der Waals surface area (Å²) < 4.78 is 0. The van der Waals surface area contributed by atoms with Crippen LogP contribution in [0.15, 0.2) is 71.6 Å². The Morgan fingerprint density at radius 3 is 2.41 bits per heavy atom. The summed E-state index contributed by atoms with van der Waals surface area (Å²) in [6.07, 6.45) is 0. The summed E-state index contributed by atoms with van der Waals surface area (Å²) in [5.41, 5.74) is 4.05. The average molecular weight is 425 g/mol. The van der Waals surface area contributed by atoms with Crippen molar-refractivity contribution in [3.63, 3.8) is 0 Å². The van der Waals surface area contributed by atoms with Crippen LogP contribution in [0.25, 0.3) is 0 Å². The fourth-order valence-electron chi connectivity index (χ4n) is 2.69. The summed E-state index contributed by atoms with van der Waals surface area (Å²) in [4.78, 5) is 25.5. The molecule has 0 fully saturated rings. The molecule has 0 aliphatic rings. The van der Waals surface area contributed by atoms with Crippen LogP contribution in [0.3, 0.4) is 0 Å². The Bertz CT molecular complexity index is 1040. The molecule has 6 heteroatoms. The molecular weight excluding hydrogens is 404 g/mol. The molecule has 0 aliphatic heterocycles. The second kappa shape index (κ2) is 9.63. The third-order valence-electron chi connectivity index (χ3n) is 4.24. The van der Waals surface area contributed by atoms with E-state index in [1.807, 2.05) is 62.4 Å². The van der Waals surface area contributed by atoms with Gasteiger partial charge in [0.05, 0.1) is 5.75 Å². The van der Waals surface area contributed by atoms with E-state index in [-0.39, 0.29) is 17.6 Å². The Hall–Kier alpha value is -2.76. The van der Waals surface area contributed by atoms with Crippen molar-refractivity contribution in [1.29, 1.82) is 0 Å². The van der Waals surface area contributed by atoms with Crippen molar-refractivity contribution >= 4 is 46.6 Å². The Kier molecular flexibility index (Phi) is 6.96. The fraction of sp³-hybridized carbons (Fsp3) is 0.130. The molecular formula is C23H21ClN2O2S. The molecule has 0 spiro atoms. The van der Waals surface area contributed by atoms with Crippen molar-refractivity contribution in [2.75, 3.05) is 16.4 Å². The number of halogens is 1. The molecule has 2 amide bonds. The SMILES string of the molecule is Cc1cccc(C(=O)Nc2ccc(SCC(=O)Nc3cc(Cl)ccc3C)cc2)c1. The van der Waals surface area contributed by atoms with Gasteiger partial charge in [-0.05, 0) is 67.9 Å². The third-order valence-corrected chi connectivity index (χ3v) is 5.48. The molecule has 3 aromatic carbocycles. The van der Waals surface area contributed by atoms with Gasteiger partial charge in [0.2, 0.25) is 5.91 Å². The van der Waals surface area contributed by atoms with E-state index in [4.69, 9.17) is 11.6 Å². The zero-order valence-electron chi connectivity index (χ0n) is 16.2. The first-order valence-corrected chi connectivity index (χ1v) is 10.4. The summed E-state index contributed by atoms with van der Waals surface area (Å²) in [5, 5.41) is 6.35. The van der Waals surface area contributed by atoms with Crippen LogP contribution in [0.5, 0.6) is 0 Å². The lowest BCUT2D eigenvalue weighted by Gasteiger charge is -2.09. The van der Waals surface area contributed by atoms with Gasteiger partial charge in [-0.1, -0.05) is 35.4 Å². The summed E-state index contributed by atoms with van der Waals surface area (Å²) in [6, 6.07) is 20.3. The fourth-order valence-corrected chi connectivity index (χ4v) is 3.56. The largest absolute Gasteiger partial charge is 0.325 e. The van der Waals surface area contributed by atoms with E-state index in [1.54, 1.807) is 18.2 Å². The zero-order valence-corrected chi connectivity index (χ0v) is 17.7. The van der Waals surface area contributed by atoms with Crippen molar-refractivity contribution in [1.82, 2.24) is 0 Å². The smallest absolute Gasteiger partial charge is 0.255 e. The molecule has 0 saturated heterocycles. The number of thioether (sulfide) groups is 1. The molecule has 2 N–H and O–H groups in total. The molecule has 0 unspecified atom stereocenters. The van der Waals surface area contributed by atoms with Crippen LogP contribution in [0.2, 0.25) is 5.02 Å². The minimum Gasteiger partial charge on any atom is -0.325 e. The highest BCUT2D eigenvalue weighted by molar-refractivity contribution is 8.00. The molecule has 3 rings (SSSR count). The van der Waals surface area contributed by atoms with E-state index >= 15 is 0 Å². The molecule has 0 aromatic heterocycles. The Morgan fingerprint density at radius 1 is 0.931 bits per heavy atom. The minimum absolute atomic E-state index is 0.0998. The molecule has 0 heterocycles. The van der Waals surface area contributed by atoms with Crippen molar-refractivity contribution in [3.05, 3.63) is 88.4 Å². The van der Waals surface area contributed by atoms with Crippen molar-refractivity contribution in [2.45, 2.75) is 18.7 Å². The van der Waals surface area contributed by atoms with Gasteiger partial charge in [0.25, 0.3) is 5.91 Å². The number of amides is 2. The molecule has 4 nitrogen and oxygen atoms in total. The molecule has 29 heavy (non-hydrogen) atoms. The summed E-state index contributed by atoms with van der Waals surface area (Å²) >= 11 is 7.41. The standard InChI is InChI=1S/C23H21ClN2O2S/c1-15-4-3-5-17(12-15)23(28)25-19-8-10-20(11-9-19)29-14-22(27)26-21-13-18(24)7-6-16(21)2/h3-13H,14H2,1-2H3,(H,25,28)(H,26,27). The Balaban J connectivity index is 1.53. The van der Waals surface area contributed by atoms with Crippen molar-refractivity contribution < 1.29 is 9.59 Å². The van der Waals surface area contributed by atoms with Gasteiger partial charge in [-0.2, -0.15) is 0 Å². The highest BCUT2D eigenvalue weighted by atomic mass is 35.5. The summed E-state index contributed by atoms with van der Waals surface area (Å²) in [5.74, 6) is 0.0311. The number of benzene rings is 3. The normalized spacial score (nSPS) is 10.4. The molecule has 0 atom stereocenters. The predicted molar refractivity (Wildman–Crippen MR) is 121 cm³/mol. The van der Waals surface area contributed by atoms with Crippen LogP contribution < -0.4 is 10.6 Å². The van der Waals surface area contributed by atoms with Crippen molar-refractivity contribution in [2.24, 2.45) is 0 Å². The van der Waals surface area contributed by atoms with Gasteiger partial charge >= 0.3 is 0 Å². The van der Waals surface area contributed by atoms with E-state index in [0.717, 1.165) is 21.7 Å². The number of anilines is 2. The van der Waals surface area contributed by atoms with Crippen LogP contribution in [-0.2, 0) is 4.79 Å². The molecule has 148 valence electrons. The Labute approximate surface area is 179 Å². The van der Waals surface area contributed by atoms with Gasteiger partial charge in [0.1, 0.15) is 0 Å². The van der Waals surface area contributed by atoms with E-state index < -0.39 is 0 Å². The first-order chi connectivity index (χ1) is 13.9. The first kappa shape index (κ1) is 21.0. The van der Waals surface area contributed by atoms with Gasteiger partial charge in [-0.15, -0.1) is 11.8 Å². The number of carbonyl (C=O) groups is 2. The van der Waals surface area contributed by atoms with Crippen LogP contribution in [0, 0.1) is 13.8 Å². The number of hydrogen-bond acceptors (Lipinski definition) is 3. The lowest BCUT2D eigenvalue weighted by atomic mass is 10.1. The van der Waals surface area contributed by atoms with Crippen LogP contribution >= 0.6 is 23.4 Å². The number of rotatable bonds is 6. The quantitative estimate of drug-likeness (QED) is 0.481. The minimum atomic E-state index is -0.148. The lowest BCUT2D eigenvalue weighted by molar-refractivity contribution is -0.113. The zero-order chi connectivity index (χ0) is 20.8. The maximum atomic E-state index is 12.3. The van der Waals surface area contributed by atoms with Crippen LogP contribution in [0.4, 0.5) is 11.4 Å². The van der Waals surface area contributed by atoms with E-state index in [2.05, 4.69) is 10.6 Å². The van der Waals surface area contributed by atoms with Gasteiger partial charge in [-0.3, -0.25) is 9.59 Å². The van der Waals surface area contributed by atoms with Gasteiger partial charge < -0.3 is 10.6 Å². The topological polar surface area (TPSA) is 58.2 Å². The summed E-state index contributed by atoms with van der Waals surface area (Å²) in [6.45, 7) is 3.87. The van der Waals surface area contributed by atoms with E-state index in [1.165, 1.54) is 11.8 Å². The van der Waals surface area contributed by atoms with E-state index in [0.29, 0.717) is 16.3 Å². The molecule has 0 saturated carbocycles. The second-order valence-corrected chi connectivity index (χ2v) is 8.13. The predicted octanol–water partition coefficient (Wildman–Crippen LogP) is 5.94. The maximum Gasteiger partial charge on any atom is 0.255 e.